The van der Waals surface area contributed by atoms with E-state index in [1.165, 1.54) is 17.4 Å². The van der Waals surface area contributed by atoms with Gasteiger partial charge in [-0.05, 0) is 62.8 Å². The van der Waals surface area contributed by atoms with Crippen LogP contribution in [0.25, 0.3) is 0 Å². The van der Waals surface area contributed by atoms with Crippen molar-refractivity contribution in [2.45, 2.75) is 70.3 Å². The normalized spacial score (nSPS) is 18.9. The third kappa shape index (κ3) is 5.26. The van der Waals surface area contributed by atoms with Gasteiger partial charge >= 0.3 is 12.1 Å². The van der Waals surface area contributed by atoms with E-state index < -0.39 is 30.1 Å². The predicted octanol–water partition coefficient (Wildman–Crippen LogP) is 6.95. The van der Waals surface area contributed by atoms with Crippen LogP contribution in [-0.2, 0) is 17.6 Å². The second-order valence-electron chi connectivity index (χ2n) is 9.72. The molecule has 0 radical (unpaired) electrons. The van der Waals surface area contributed by atoms with Gasteiger partial charge in [0.1, 0.15) is 10.8 Å². The Kier molecular flexibility index (Phi) is 7.17. The molecule has 0 fully saturated rings. The van der Waals surface area contributed by atoms with Crippen LogP contribution >= 0.6 is 22.9 Å². The Balaban J connectivity index is 1.45. The minimum absolute atomic E-state index is 0.0774. The molecule has 2 aliphatic rings. The molecule has 1 aliphatic heterocycles. The molecular formula is C26H26ClF3N4O3S. The molecule has 0 spiro atoms. The first-order chi connectivity index (χ1) is 18.0. The number of hydrogen-bond donors (Lipinski definition) is 2. The van der Waals surface area contributed by atoms with Crippen molar-refractivity contribution in [1.29, 1.82) is 0 Å². The SMILES string of the molecule is CC(C)OC(=O)c1c(NC(=O)c2cc3n(n2)[C@H](C(F)(F)F)C[C@H](c2ccc(Cl)cc2)N3)sc2c1CCCC2. The zero-order valence-electron chi connectivity index (χ0n) is 20.7. The van der Waals surface area contributed by atoms with Crippen molar-refractivity contribution in [3.63, 3.8) is 0 Å². The van der Waals surface area contributed by atoms with Crippen LogP contribution in [0, 0.1) is 0 Å². The lowest BCUT2D eigenvalue weighted by molar-refractivity contribution is -0.173. The zero-order chi connectivity index (χ0) is 27.2. The van der Waals surface area contributed by atoms with Crippen LogP contribution in [0.1, 0.15) is 82.0 Å². The molecule has 5 rings (SSSR count). The Hall–Kier alpha value is -3.05. The van der Waals surface area contributed by atoms with E-state index in [1.807, 2.05) is 0 Å². The Morgan fingerprint density at radius 2 is 1.92 bits per heavy atom. The van der Waals surface area contributed by atoms with Gasteiger partial charge in [0.2, 0.25) is 0 Å². The van der Waals surface area contributed by atoms with E-state index in [9.17, 15) is 22.8 Å². The molecular weight excluding hydrogens is 541 g/mol. The van der Waals surface area contributed by atoms with Gasteiger partial charge in [0.25, 0.3) is 5.91 Å². The van der Waals surface area contributed by atoms with Gasteiger partial charge in [-0.25, -0.2) is 9.48 Å². The van der Waals surface area contributed by atoms with Crippen molar-refractivity contribution in [2.24, 2.45) is 0 Å². The smallest absolute Gasteiger partial charge is 0.410 e. The van der Waals surface area contributed by atoms with E-state index in [4.69, 9.17) is 16.3 Å². The fourth-order valence-corrected chi connectivity index (χ4v) is 6.31. The molecule has 1 aliphatic carbocycles. The molecule has 0 unspecified atom stereocenters. The summed E-state index contributed by atoms with van der Waals surface area (Å²) in [5.74, 6) is -1.15. The highest BCUT2D eigenvalue weighted by atomic mass is 35.5. The number of nitrogens with zero attached hydrogens (tertiary/aromatic N) is 2. The number of thiophene rings is 1. The van der Waals surface area contributed by atoms with Crippen molar-refractivity contribution in [2.75, 3.05) is 10.6 Å². The molecule has 0 bridgehead atoms. The van der Waals surface area contributed by atoms with E-state index in [0.29, 0.717) is 27.6 Å². The first-order valence-electron chi connectivity index (χ1n) is 12.4. The number of alkyl halides is 3. The lowest BCUT2D eigenvalue weighted by Gasteiger charge is -2.33. The lowest BCUT2D eigenvalue weighted by Crippen LogP contribution is -2.35. The summed E-state index contributed by atoms with van der Waals surface area (Å²) >= 11 is 7.24. The fraction of sp³-hybridized carbons (Fsp3) is 0.423. The molecule has 0 saturated heterocycles. The van der Waals surface area contributed by atoms with E-state index in [1.54, 1.807) is 38.1 Å². The predicted molar refractivity (Wildman–Crippen MR) is 139 cm³/mol. The van der Waals surface area contributed by atoms with Gasteiger partial charge in [0.15, 0.2) is 11.7 Å². The maximum atomic E-state index is 14.0. The van der Waals surface area contributed by atoms with Crippen LogP contribution in [0.4, 0.5) is 24.0 Å². The maximum absolute atomic E-state index is 14.0. The third-order valence-corrected chi connectivity index (χ3v) is 8.10. The molecule has 2 atom stereocenters. The number of hydrogen-bond acceptors (Lipinski definition) is 6. The summed E-state index contributed by atoms with van der Waals surface area (Å²) in [5.41, 5.74) is 1.65. The Morgan fingerprint density at radius 1 is 1.21 bits per heavy atom. The van der Waals surface area contributed by atoms with Gasteiger partial charge in [-0.3, -0.25) is 4.79 Å². The highest BCUT2D eigenvalue weighted by molar-refractivity contribution is 7.17. The number of aromatic nitrogens is 2. The molecule has 0 saturated carbocycles. The van der Waals surface area contributed by atoms with Crippen LogP contribution in [0.5, 0.6) is 0 Å². The summed E-state index contributed by atoms with van der Waals surface area (Å²) in [6, 6.07) is 5.30. The van der Waals surface area contributed by atoms with Crippen molar-refractivity contribution in [3.05, 3.63) is 62.6 Å². The van der Waals surface area contributed by atoms with E-state index in [2.05, 4.69) is 15.7 Å². The molecule has 1 aromatic carbocycles. The Labute approximate surface area is 226 Å². The largest absolute Gasteiger partial charge is 0.459 e. The molecule has 2 N–H and O–H groups in total. The molecule has 38 heavy (non-hydrogen) atoms. The Morgan fingerprint density at radius 3 is 2.61 bits per heavy atom. The zero-order valence-corrected chi connectivity index (χ0v) is 22.3. The summed E-state index contributed by atoms with van der Waals surface area (Å²) in [6.45, 7) is 3.48. The number of aryl methyl sites for hydroxylation is 1. The quantitative estimate of drug-likeness (QED) is 0.326. The van der Waals surface area contributed by atoms with Crippen LogP contribution in [0.15, 0.2) is 30.3 Å². The van der Waals surface area contributed by atoms with Crippen LogP contribution in [-0.4, -0.2) is 33.9 Å². The number of ether oxygens (including phenoxy) is 1. The molecule has 3 aromatic rings. The Bertz CT molecular complexity index is 1370. The third-order valence-electron chi connectivity index (χ3n) is 6.64. The molecule has 12 heteroatoms. The fourth-order valence-electron chi connectivity index (χ4n) is 4.91. The number of amides is 1. The second kappa shape index (κ2) is 10.3. The molecule has 3 heterocycles. The number of benzene rings is 1. The summed E-state index contributed by atoms with van der Waals surface area (Å²) in [4.78, 5) is 27.1. The first kappa shape index (κ1) is 26.6. The topological polar surface area (TPSA) is 85.2 Å². The lowest BCUT2D eigenvalue weighted by atomic mass is 9.95. The van der Waals surface area contributed by atoms with E-state index >= 15 is 0 Å². The van der Waals surface area contributed by atoms with Gasteiger partial charge in [-0.15, -0.1) is 11.3 Å². The summed E-state index contributed by atoms with van der Waals surface area (Å²) in [7, 11) is 0. The highest BCUT2D eigenvalue weighted by Gasteiger charge is 2.47. The van der Waals surface area contributed by atoms with Crippen LogP contribution in [0.3, 0.4) is 0 Å². The standard InChI is InChI=1S/C26H26ClF3N4O3S/c1-13(2)37-25(36)22-16-5-3-4-6-19(16)38-24(22)32-23(35)18-12-21-31-17(14-7-9-15(27)10-8-14)11-20(26(28,29)30)34(21)33-18/h7-10,12-13,17,20,31H,3-6,11H2,1-2H3,(H,32,35)/t17-,20+/m1/s1. The highest BCUT2D eigenvalue weighted by Crippen LogP contribution is 2.44. The number of esters is 1. The minimum Gasteiger partial charge on any atom is -0.459 e. The summed E-state index contributed by atoms with van der Waals surface area (Å²) in [5, 5.41) is 10.6. The monoisotopic (exact) mass is 566 g/mol. The van der Waals surface area contributed by atoms with Crippen molar-refractivity contribution in [1.82, 2.24) is 9.78 Å². The summed E-state index contributed by atoms with van der Waals surface area (Å²) in [6.07, 6.45) is -1.83. The minimum atomic E-state index is -4.58. The van der Waals surface area contributed by atoms with Gasteiger partial charge < -0.3 is 15.4 Å². The number of nitrogens with one attached hydrogen (secondary N) is 2. The molecule has 7 nitrogen and oxygen atoms in total. The van der Waals surface area contributed by atoms with Gasteiger partial charge in [0.05, 0.1) is 17.7 Å². The van der Waals surface area contributed by atoms with E-state index in [-0.39, 0.29) is 24.0 Å². The molecule has 2 aromatic heterocycles. The molecule has 1 amide bonds. The number of rotatable bonds is 5. The van der Waals surface area contributed by atoms with Gasteiger partial charge in [-0.1, -0.05) is 23.7 Å². The van der Waals surface area contributed by atoms with Crippen molar-refractivity contribution in [3.8, 4) is 0 Å². The van der Waals surface area contributed by atoms with Gasteiger partial charge in [0, 0.05) is 22.4 Å². The average molecular weight is 567 g/mol. The number of halogens is 4. The van der Waals surface area contributed by atoms with Crippen LogP contribution < -0.4 is 10.6 Å². The number of fused-ring (bicyclic) bond motifs is 2. The number of anilines is 2. The van der Waals surface area contributed by atoms with Crippen LogP contribution in [0.2, 0.25) is 5.02 Å². The van der Waals surface area contributed by atoms with Crippen molar-refractivity contribution >= 4 is 45.6 Å². The van der Waals surface area contributed by atoms with Gasteiger partial charge in [-0.2, -0.15) is 18.3 Å². The van der Waals surface area contributed by atoms with Crippen molar-refractivity contribution < 1.29 is 27.5 Å². The summed E-state index contributed by atoms with van der Waals surface area (Å²) < 4.78 is 48.4. The number of carbonyl (C=O) groups excluding carboxylic acids is 2. The van der Waals surface area contributed by atoms with E-state index in [0.717, 1.165) is 34.4 Å². The first-order valence-corrected chi connectivity index (χ1v) is 13.6. The molecule has 202 valence electrons. The second-order valence-corrected chi connectivity index (χ2v) is 11.3. The number of carbonyl (C=O) groups is 2. The maximum Gasteiger partial charge on any atom is 0.410 e. The average Bonchev–Trinajstić information content (AvgIpc) is 3.44.